The highest BCUT2D eigenvalue weighted by atomic mass is 19.1. The minimum absolute atomic E-state index is 0.198. The first-order valence-electron chi connectivity index (χ1n) is 10.7. The molecule has 0 saturated heterocycles. The number of hydrogen-bond acceptors (Lipinski definition) is 0. The van der Waals surface area contributed by atoms with Crippen molar-refractivity contribution in [2.75, 3.05) is 0 Å². The number of halogens is 3. The summed E-state index contributed by atoms with van der Waals surface area (Å²) in [4.78, 5) is 0. The fraction of sp³-hybridized carbons (Fsp3) is 0.259. The maximum Gasteiger partial charge on any atom is 0.131 e. The predicted octanol–water partition coefficient (Wildman–Crippen LogP) is 8.59. The molecule has 0 aliphatic carbocycles. The summed E-state index contributed by atoms with van der Waals surface area (Å²) in [5.74, 6) is -1.92. The molecule has 4 aromatic carbocycles. The van der Waals surface area contributed by atoms with Crippen LogP contribution in [0.15, 0.2) is 60.7 Å². The zero-order valence-electron chi connectivity index (χ0n) is 17.2. The molecule has 3 heteroatoms. The summed E-state index contributed by atoms with van der Waals surface area (Å²) >= 11 is 0. The van der Waals surface area contributed by atoms with Crippen molar-refractivity contribution in [2.45, 2.75) is 45.4 Å². The van der Waals surface area contributed by atoms with E-state index in [2.05, 4.69) is 25.1 Å². The highest BCUT2D eigenvalue weighted by Crippen LogP contribution is 2.33. The van der Waals surface area contributed by atoms with E-state index in [0.29, 0.717) is 0 Å². The lowest BCUT2D eigenvalue weighted by Gasteiger charge is -2.10. The Bertz CT molecular complexity index is 1170. The van der Waals surface area contributed by atoms with Gasteiger partial charge in [-0.3, -0.25) is 0 Å². The van der Waals surface area contributed by atoms with E-state index in [1.807, 2.05) is 12.1 Å². The summed E-state index contributed by atoms with van der Waals surface area (Å²) in [6, 6.07) is 16.6. The molecule has 4 rings (SSSR count). The van der Waals surface area contributed by atoms with Gasteiger partial charge in [0.2, 0.25) is 0 Å². The van der Waals surface area contributed by atoms with Crippen LogP contribution in [-0.4, -0.2) is 0 Å². The van der Waals surface area contributed by atoms with Crippen molar-refractivity contribution in [3.63, 3.8) is 0 Å². The van der Waals surface area contributed by atoms with Gasteiger partial charge in [0, 0.05) is 11.6 Å². The van der Waals surface area contributed by atoms with Crippen molar-refractivity contribution in [2.24, 2.45) is 0 Å². The van der Waals surface area contributed by atoms with Crippen LogP contribution in [0.1, 0.15) is 44.6 Å². The van der Waals surface area contributed by atoms with Gasteiger partial charge >= 0.3 is 0 Å². The molecule has 0 aliphatic heterocycles. The largest absolute Gasteiger partial charge is 0.207 e. The van der Waals surface area contributed by atoms with Crippen LogP contribution >= 0.6 is 0 Å². The highest BCUT2D eigenvalue weighted by Gasteiger charge is 2.12. The second kappa shape index (κ2) is 8.91. The van der Waals surface area contributed by atoms with Gasteiger partial charge in [-0.05, 0) is 69.8 Å². The smallest absolute Gasteiger partial charge is 0.131 e. The second-order valence-electron chi connectivity index (χ2n) is 8.00. The van der Waals surface area contributed by atoms with Crippen molar-refractivity contribution in [3.05, 3.63) is 83.7 Å². The Balaban J connectivity index is 1.67. The summed E-state index contributed by atoms with van der Waals surface area (Å²) in [5, 5.41) is 3.71. The molecule has 0 spiro atoms. The number of benzene rings is 4. The number of rotatable bonds is 7. The maximum atomic E-state index is 14.9. The fourth-order valence-electron chi connectivity index (χ4n) is 4.15. The quantitative estimate of drug-likeness (QED) is 0.213. The van der Waals surface area contributed by atoms with Gasteiger partial charge in [-0.1, -0.05) is 62.9 Å². The SMILES string of the molecule is CCCCCCCc1ccc2c(ccc3cc(-c4cc(F)cc(F)c4)c(F)cc32)c1. The van der Waals surface area contributed by atoms with Crippen LogP contribution in [-0.2, 0) is 6.42 Å². The molecule has 154 valence electrons. The Kier molecular flexibility index (Phi) is 6.08. The van der Waals surface area contributed by atoms with Crippen molar-refractivity contribution in [1.29, 1.82) is 0 Å². The van der Waals surface area contributed by atoms with E-state index in [1.54, 1.807) is 6.07 Å². The average molecular weight is 406 g/mol. The van der Waals surface area contributed by atoms with Crippen LogP contribution in [0.5, 0.6) is 0 Å². The van der Waals surface area contributed by atoms with Crippen LogP contribution < -0.4 is 0 Å². The summed E-state index contributed by atoms with van der Waals surface area (Å²) in [6.07, 6.45) is 7.30. The van der Waals surface area contributed by atoms with Gasteiger partial charge in [-0.15, -0.1) is 0 Å². The van der Waals surface area contributed by atoms with Crippen LogP contribution in [0.25, 0.3) is 32.7 Å². The normalized spacial score (nSPS) is 11.5. The number of aryl methyl sites for hydroxylation is 1. The van der Waals surface area contributed by atoms with Crippen molar-refractivity contribution in [1.82, 2.24) is 0 Å². The Labute approximate surface area is 175 Å². The van der Waals surface area contributed by atoms with E-state index in [1.165, 1.54) is 43.7 Å². The molecule has 0 amide bonds. The molecule has 30 heavy (non-hydrogen) atoms. The first-order valence-corrected chi connectivity index (χ1v) is 10.7. The lowest BCUT2D eigenvalue weighted by molar-refractivity contribution is 0.583. The molecular weight excluding hydrogens is 381 g/mol. The topological polar surface area (TPSA) is 0 Å². The van der Waals surface area contributed by atoms with Crippen molar-refractivity contribution >= 4 is 21.5 Å². The highest BCUT2D eigenvalue weighted by molar-refractivity contribution is 6.08. The predicted molar refractivity (Wildman–Crippen MR) is 119 cm³/mol. The molecule has 0 aliphatic rings. The van der Waals surface area contributed by atoms with Gasteiger partial charge in [0.05, 0.1) is 0 Å². The molecule has 0 fully saturated rings. The Morgan fingerprint density at radius 1 is 0.633 bits per heavy atom. The molecule has 0 N–H and O–H groups in total. The average Bonchev–Trinajstić information content (AvgIpc) is 2.72. The van der Waals surface area contributed by atoms with Crippen LogP contribution in [0.3, 0.4) is 0 Å². The minimum atomic E-state index is -0.717. The molecule has 0 atom stereocenters. The molecule has 0 unspecified atom stereocenters. The van der Waals surface area contributed by atoms with Crippen molar-refractivity contribution in [3.8, 4) is 11.1 Å². The van der Waals surface area contributed by atoms with Crippen LogP contribution in [0, 0.1) is 17.5 Å². The molecule has 4 aromatic rings. The van der Waals surface area contributed by atoms with Crippen molar-refractivity contribution < 1.29 is 13.2 Å². The van der Waals surface area contributed by atoms with E-state index < -0.39 is 17.5 Å². The molecule has 0 bridgehead atoms. The molecule has 0 heterocycles. The lowest BCUT2D eigenvalue weighted by atomic mass is 9.95. The third-order valence-electron chi connectivity index (χ3n) is 5.73. The van der Waals surface area contributed by atoms with Gasteiger partial charge in [0.15, 0.2) is 0 Å². The van der Waals surface area contributed by atoms with Gasteiger partial charge in [-0.25, -0.2) is 13.2 Å². The van der Waals surface area contributed by atoms with Crippen LogP contribution in [0.2, 0.25) is 0 Å². The molecular formula is C27H25F3. The first-order chi connectivity index (χ1) is 14.5. The van der Waals surface area contributed by atoms with E-state index >= 15 is 0 Å². The zero-order valence-corrected chi connectivity index (χ0v) is 17.2. The van der Waals surface area contributed by atoms with E-state index in [4.69, 9.17) is 0 Å². The molecule has 0 saturated carbocycles. The third-order valence-corrected chi connectivity index (χ3v) is 5.73. The lowest BCUT2D eigenvalue weighted by Crippen LogP contribution is -1.90. The van der Waals surface area contributed by atoms with Gasteiger partial charge in [-0.2, -0.15) is 0 Å². The molecule has 0 nitrogen and oxygen atoms in total. The van der Waals surface area contributed by atoms with Gasteiger partial charge < -0.3 is 0 Å². The van der Waals surface area contributed by atoms with Gasteiger partial charge in [0.25, 0.3) is 0 Å². The fourth-order valence-corrected chi connectivity index (χ4v) is 4.15. The van der Waals surface area contributed by atoms with E-state index in [9.17, 15) is 13.2 Å². The Morgan fingerprint density at radius 3 is 2.07 bits per heavy atom. The summed E-state index contributed by atoms with van der Waals surface area (Å²) in [5.41, 5.74) is 1.69. The monoisotopic (exact) mass is 406 g/mol. The number of fused-ring (bicyclic) bond motifs is 3. The summed E-state index contributed by atoms with van der Waals surface area (Å²) in [6.45, 7) is 2.22. The van der Waals surface area contributed by atoms with Crippen LogP contribution in [0.4, 0.5) is 13.2 Å². The Morgan fingerprint density at radius 2 is 1.33 bits per heavy atom. The summed E-state index contributed by atoms with van der Waals surface area (Å²) < 4.78 is 42.1. The van der Waals surface area contributed by atoms with E-state index in [0.717, 1.165) is 46.2 Å². The Hall–Kier alpha value is -2.81. The number of hydrogen-bond donors (Lipinski definition) is 0. The molecule has 0 aromatic heterocycles. The third kappa shape index (κ3) is 4.35. The second-order valence-corrected chi connectivity index (χ2v) is 8.00. The maximum absolute atomic E-state index is 14.9. The minimum Gasteiger partial charge on any atom is -0.207 e. The standard InChI is InChI=1S/C27H25F3/c1-2-3-4-5-6-7-18-8-11-24-19(12-18)9-10-20-15-26(27(30)17-25(20)24)21-13-22(28)16-23(29)14-21/h8-17H,2-7H2,1H3. The van der Waals surface area contributed by atoms with E-state index in [-0.39, 0.29) is 11.1 Å². The summed E-state index contributed by atoms with van der Waals surface area (Å²) in [7, 11) is 0. The van der Waals surface area contributed by atoms with Gasteiger partial charge in [0.1, 0.15) is 17.5 Å². The molecule has 0 radical (unpaired) electrons. The zero-order chi connectivity index (χ0) is 21.1. The number of unbranched alkanes of at least 4 members (excludes halogenated alkanes) is 4. The first kappa shape index (κ1) is 20.5.